The van der Waals surface area contributed by atoms with Gasteiger partial charge in [-0.05, 0) is 40.8 Å². The second-order valence-corrected chi connectivity index (χ2v) is 5.77. The van der Waals surface area contributed by atoms with Gasteiger partial charge >= 0.3 is 0 Å². The van der Waals surface area contributed by atoms with Crippen LogP contribution in [-0.4, -0.2) is 15.9 Å². The van der Waals surface area contributed by atoms with Crippen molar-refractivity contribution in [1.82, 2.24) is 9.97 Å². The molecule has 0 radical (unpaired) electrons. The number of amides is 1. The minimum atomic E-state index is -0.240. The molecular weight excluding hydrogens is 432 g/mol. The van der Waals surface area contributed by atoms with Gasteiger partial charge in [-0.15, -0.1) is 0 Å². The summed E-state index contributed by atoms with van der Waals surface area (Å²) in [4.78, 5) is 19.7. The highest BCUT2D eigenvalue weighted by Gasteiger charge is 2.11. The minimum Gasteiger partial charge on any atom is -0.306 e. The van der Waals surface area contributed by atoms with Crippen LogP contribution in [0.2, 0.25) is 5.15 Å². The molecule has 0 atom stereocenters. The minimum absolute atomic E-state index is 0.240. The van der Waals surface area contributed by atoms with Gasteiger partial charge in [-0.1, -0.05) is 27.5 Å². The summed E-state index contributed by atoms with van der Waals surface area (Å²) >= 11 is 11.2. The third-order valence-corrected chi connectivity index (χ3v) is 3.69. The van der Waals surface area contributed by atoms with Crippen molar-refractivity contribution in [3.63, 3.8) is 0 Å². The molecule has 0 saturated carbocycles. The topological polar surface area (TPSA) is 54.9 Å². The average molecular weight is 438 g/mol. The summed E-state index contributed by atoms with van der Waals surface area (Å²) in [5, 5.41) is 2.95. The Morgan fingerprint density at radius 2 is 2.11 bits per heavy atom. The van der Waals surface area contributed by atoms with E-state index in [0.29, 0.717) is 11.4 Å². The lowest BCUT2D eigenvalue weighted by atomic mass is 10.2. The van der Waals surface area contributed by atoms with E-state index in [9.17, 15) is 4.79 Å². The Balaban J connectivity index is 2.24. The second-order valence-electron chi connectivity index (χ2n) is 3.30. The first-order valence-electron chi connectivity index (χ1n) is 4.80. The van der Waals surface area contributed by atoms with E-state index in [1.165, 1.54) is 12.4 Å². The van der Waals surface area contributed by atoms with E-state index in [1.807, 2.05) is 12.1 Å². The Hall–Kier alpha value is -0.730. The highest BCUT2D eigenvalue weighted by molar-refractivity contribution is 14.1. The molecule has 1 amide bonds. The molecule has 2 aromatic rings. The summed E-state index contributed by atoms with van der Waals surface area (Å²) in [7, 11) is 0. The molecule has 1 aromatic heterocycles. The van der Waals surface area contributed by atoms with E-state index >= 15 is 0 Å². The first-order chi connectivity index (χ1) is 8.56. The summed E-state index contributed by atoms with van der Waals surface area (Å²) < 4.78 is 1.70. The van der Waals surface area contributed by atoms with Crippen LogP contribution in [0.1, 0.15) is 10.4 Å². The molecule has 0 saturated heterocycles. The van der Waals surface area contributed by atoms with Crippen LogP contribution < -0.4 is 5.32 Å². The van der Waals surface area contributed by atoms with Crippen LogP contribution >= 0.6 is 50.1 Å². The van der Waals surface area contributed by atoms with Gasteiger partial charge in [0.2, 0.25) is 0 Å². The number of benzene rings is 1. The lowest BCUT2D eigenvalue weighted by molar-refractivity contribution is 0.102. The van der Waals surface area contributed by atoms with E-state index in [4.69, 9.17) is 11.6 Å². The third-order valence-electron chi connectivity index (χ3n) is 2.05. The quantitative estimate of drug-likeness (QED) is 0.574. The van der Waals surface area contributed by atoms with E-state index in [1.54, 1.807) is 6.07 Å². The van der Waals surface area contributed by atoms with Crippen molar-refractivity contribution in [3.8, 4) is 0 Å². The van der Waals surface area contributed by atoms with E-state index in [2.05, 4.69) is 53.8 Å². The SMILES string of the molecule is O=C(Nc1cc(Cl)ncn1)c1cc(Br)ccc1I. The molecule has 1 N–H and O–H groups in total. The Bertz CT molecular complexity index is 609. The van der Waals surface area contributed by atoms with Gasteiger partial charge in [0.15, 0.2) is 0 Å². The summed E-state index contributed by atoms with van der Waals surface area (Å²) in [6.07, 6.45) is 1.30. The number of carbonyl (C=O) groups is 1. The molecule has 0 aliphatic heterocycles. The normalized spacial score (nSPS) is 10.2. The Morgan fingerprint density at radius 1 is 1.33 bits per heavy atom. The zero-order valence-electron chi connectivity index (χ0n) is 8.82. The Kier molecular flexibility index (Phi) is 4.52. The molecule has 1 heterocycles. The average Bonchev–Trinajstić information content (AvgIpc) is 2.32. The predicted octanol–water partition coefficient (Wildman–Crippen LogP) is 3.75. The van der Waals surface area contributed by atoms with Gasteiger partial charge in [-0.25, -0.2) is 9.97 Å². The van der Waals surface area contributed by atoms with Crippen LogP contribution in [0.4, 0.5) is 5.82 Å². The molecule has 4 nitrogen and oxygen atoms in total. The first kappa shape index (κ1) is 13.7. The Labute approximate surface area is 130 Å². The molecule has 0 spiro atoms. The molecule has 0 aliphatic rings. The smallest absolute Gasteiger partial charge is 0.257 e. The Morgan fingerprint density at radius 3 is 2.83 bits per heavy atom. The molecule has 18 heavy (non-hydrogen) atoms. The summed E-state index contributed by atoms with van der Waals surface area (Å²) in [6.45, 7) is 0. The van der Waals surface area contributed by atoms with E-state index in [0.717, 1.165) is 8.04 Å². The maximum Gasteiger partial charge on any atom is 0.257 e. The number of hydrogen-bond donors (Lipinski definition) is 1. The highest BCUT2D eigenvalue weighted by Crippen LogP contribution is 2.19. The lowest BCUT2D eigenvalue weighted by Crippen LogP contribution is -2.14. The van der Waals surface area contributed by atoms with Gasteiger partial charge in [0.25, 0.3) is 5.91 Å². The van der Waals surface area contributed by atoms with Crippen LogP contribution in [0.5, 0.6) is 0 Å². The summed E-state index contributed by atoms with van der Waals surface area (Å²) in [5.41, 5.74) is 0.569. The zero-order chi connectivity index (χ0) is 13.1. The number of nitrogens with one attached hydrogen (secondary N) is 1. The molecule has 2 rings (SSSR count). The highest BCUT2D eigenvalue weighted by atomic mass is 127. The van der Waals surface area contributed by atoms with Crippen molar-refractivity contribution < 1.29 is 4.79 Å². The maximum absolute atomic E-state index is 12.1. The van der Waals surface area contributed by atoms with Gasteiger partial charge in [-0.2, -0.15) is 0 Å². The number of aromatic nitrogens is 2. The fraction of sp³-hybridized carbons (Fsp3) is 0. The van der Waals surface area contributed by atoms with Crippen molar-refractivity contribution >= 4 is 61.8 Å². The van der Waals surface area contributed by atoms with Gasteiger partial charge < -0.3 is 5.32 Å². The van der Waals surface area contributed by atoms with Gasteiger partial charge in [0.1, 0.15) is 17.3 Å². The number of rotatable bonds is 2. The number of nitrogens with zero attached hydrogens (tertiary/aromatic N) is 2. The number of hydrogen-bond acceptors (Lipinski definition) is 3. The molecule has 7 heteroatoms. The largest absolute Gasteiger partial charge is 0.306 e. The van der Waals surface area contributed by atoms with Crippen molar-refractivity contribution in [2.24, 2.45) is 0 Å². The zero-order valence-corrected chi connectivity index (χ0v) is 13.3. The van der Waals surface area contributed by atoms with Crippen LogP contribution in [0.3, 0.4) is 0 Å². The standard InChI is InChI=1S/C11H6BrClIN3O/c12-6-1-2-8(14)7(3-6)11(18)17-10-4-9(13)15-5-16-10/h1-5H,(H,15,16,17,18). The molecule has 0 unspecified atom stereocenters. The van der Waals surface area contributed by atoms with E-state index < -0.39 is 0 Å². The number of anilines is 1. The monoisotopic (exact) mass is 437 g/mol. The van der Waals surface area contributed by atoms with Gasteiger partial charge in [0.05, 0.1) is 5.56 Å². The summed E-state index contributed by atoms with van der Waals surface area (Å²) in [6, 6.07) is 6.97. The van der Waals surface area contributed by atoms with E-state index in [-0.39, 0.29) is 11.1 Å². The summed E-state index contributed by atoms with van der Waals surface area (Å²) in [5.74, 6) is 0.131. The fourth-order valence-corrected chi connectivity index (χ4v) is 2.35. The van der Waals surface area contributed by atoms with Crippen LogP contribution in [-0.2, 0) is 0 Å². The number of halogens is 3. The lowest BCUT2D eigenvalue weighted by Gasteiger charge is -2.06. The molecule has 0 bridgehead atoms. The van der Waals surface area contributed by atoms with Crippen molar-refractivity contribution in [2.75, 3.05) is 5.32 Å². The third kappa shape index (κ3) is 3.39. The van der Waals surface area contributed by atoms with Crippen molar-refractivity contribution in [2.45, 2.75) is 0 Å². The molecular formula is C11H6BrClIN3O. The van der Waals surface area contributed by atoms with Crippen LogP contribution in [0.25, 0.3) is 0 Å². The van der Waals surface area contributed by atoms with Crippen molar-refractivity contribution in [1.29, 1.82) is 0 Å². The van der Waals surface area contributed by atoms with Crippen LogP contribution in [0.15, 0.2) is 35.1 Å². The second kappa shape index (κ2) is 5.94. The fourth-order valence-electron chi connectivity index (χ4n) is 1.26. The van der Waals surface area contributed by atoms with Gasteiger partial charge in [0, 0.05) is 14.1 Å². The van der Waals surface area contributed by atoms with Crippen molar-refractivity contribution in [3.05, 3.63) is 49.4 Å². The molecule has 0 fully saturated rings. The molecule has 1 aromatic carbocycles. The maximum atomic E-state index is 12.1. The first-order valence-corrected chi connectivity index (χ1v) is 7.05. The molecule has 92 valence electrons. The van der Waals surface area contributed by atoms with Crippen LogP contribution in [0, 0.1) is 3.57 Å². The van der Waals surface area contributed by atoms with Gasteiger partial charge in [-0.3, -0.25) is 4.79 Å². The number of carbonyl (C=O) groups excluding carboxylic acids is 1. The predicted molar refractivity (Wildman–Crippen MR) is 81.9 cm³/mol. The molecule has 0 aliphatic carbocycles.